The summed E-state index contributed by atoms with van der Waals surface area (Å²) in [6.45, 7) is 2.03. The summed E-state index contributed by atoms with van der Waals surface area (Å²) in [5.41, 5.74) is 2.39. The van der Waals surface area contributed by atoms with Crippen LogP contribution in [0.25, 0.3) is 6.08 Å². The summed E-state index contributed by atoms with van der Waals surface area (Å²) in [6.07, 6.45) is 8.99. The molecule has 7 nitrogen and oxygen atoms in total. The Labute approximate surface area is 214 Å². The number of nitrogens with zero attached hydrogens (tertiary/aromatic N) is 1. The predicted octanol–water partition coefficient (Wildman–Crippen LogP) is 5.56. The van der Waals surface area contributed by atoms with E-state index >= 15 is 0 Å². The second-order valence-corrected chi connectivity index (χ2v) is 8.49. The minimum Gasteiger partial charge on any atom is -0.457 e. The van der Waals surface area contributed by atoms with Crippen molar-refractivity contribution in [2.75, 3.05) is 5.32 Å². The van der Waals surface area contributed by atoms with E-state index in [2.05, 4.69) is 10.3 Å². The smallest absolute Gasteiger partial charge is 0.373 e. The van der Waals surface area contributed by atoms with Crippen LogP contribution in [-0.4, -0.2) is 22.8 Å². The van der Waals surface area contributed by atoms with Crippen LogP contribution in [0.2, 0.25) is 0 Å². The summed E-state index contributed by atoms with van der Waals surface area (Å²) in [5, 5.41) is 2.92. The summed E-state index contributed by atoms with van der Waals surface area (Å²) in [5.74, 6) is 1.50. The number of amides is 1. The number of ether oxygens (including phenoxy) is 1. The van der Waals surface area contributed by atoms with Gasteiger partial charge in [-0.1, -0.05) is 43.3 Å². The number of anilines is 1. The Morgan fingerprint density at radius 2 is 1.62 bits per heavy atom. The largest absolute Gasteiger partial charge is 0.457 e. The number of rotatable bonds is 10. The van der Waals surface area contributed by atoms with Gasteiger partial charge in [0.15, 0.2) is 0 Å². The van der Waals surface area contributed by atoms with Crippen LogP contribution in [-0.2, 0) is 32.0 Å². The van der Waals surface area contributed by atoms with Gasteiger partial charge in [0, 0.05) is 25.0 Å². The van der Waals surface area contributed by atoms with Crippen LogP contribution in [0.3, 0.4) is 0 Å². The highest BCUT2D eigenvalue weighted by atomic mass is 19.1. The molecule has 8 heteroatoms. The minimum atomic E-state index is -0.313. The lowest BCUT2D eigenvalue weighted by molar-refractivity contribution is -0.191. The van der Waals surface area contributed by atoms with E-state index in [-0.39, 0.29) is 42.4 Å². The molecule has 0 atom stereocenters. The number of carbonyl (C=O) groups is 2. The SMILES string of the molecule is CC/C=C/c1c(Oc2ccc(CC(=O)Cc3ccc(F)cc3)cc2)ccnc1NC(=O)C1CC1.O=C=O. The van der Waals surface area contributed by atoms with Crippen molar-refractivity contribution in [1.82, 2.24) is 4.98 Å². The van der Waals surface area contributed by atoms with E-state index in [1.54, 1.807) is 24.4 Å². The number of pyridine rings is 1. The molecule has 0 radical (unpaired) electrons. The Morgan fingerprint density at radius 3 is 2.19 bits per heavy atom. The van der Waals surface area contributed by atoms with Crippen LogP contribution in [0.1, 0.15) is 42.9 Å². The average molecular weight is 503 g/mol. The van der Waals surface area contributed by atoms with Crippen molar-refractivity contribution in [2.24, 2.45) is 5.92 Å². The van der Waals surface area contributed by atoms with Crippen LogP contribution in [0, 0.1) is 11.7 Å². The van der Waals surface area contributed by atoms with Crippen molar-refractivity contribution >= 4 is 29.7 Å². The second kappa shape index (κ2) is 13.6. The molecule has 0 saturated heterocycles. The first-order valence-corrected chi connectivity index (χ1v) is 11.9. The first kappa shape index (κ1) is 27.2. The lowest BCUT2D eigenvalue weighted by Gasteiger charge is -2.13. The van der Waals surface area contributed by atoms with Gasteiger partial charge >= 0.3 is 6.15 Å². The Kier molecular flexibility index (Phi) is 10.00. The lowest BCUT2D eigenvalue weighted by Crippen LogP contribution is -2.15. The molecule has 1 N–H and O–H groups in total. The van der Waals surface area contributed by atoms with Gasteiger partial charge in [-0.05, 0) is 60.7 Å². The van der Waals surface area contributed by atoms with E-state index in [0.717, 1.165) is 36.0 Å². The predicted molar refractivity (Wildman–Crippen MR) is 135 cm³/mol. The maximum atomic E-state index is 13.0. The standard InChI is InChI=1S/C28H27FN2O3.CO2/c1-2-3-4-25-26(15-16-30-27(25)31-28(33)21-9-10-21)34-24-13-7-20(8-14-24)18-23(32)17-19-5-11-22(29)12-6-19;2-1-3/h3-8,11-16,21H,2,9-10,17-18H2,1H3,(H,30,31,33);/b4-3+;. The molecule has 1 saturated carbocycles. The molecule has 3 aromatic rings. The Hall–Kier alpha value is -4.42. The summed E-state index contributed by atoms with van der Waals surface area (Å²) in [6, 6.07) is 15.1. The first-order valence-electron chi connectivity index (χ1n) is 11.9. The lowest BCUT2D eigenvalue weighted by atomic mass is 10.0. The zero-order chi connectivity index (χ0) is 26.6. The van der Waals surface area contributed by atoms with Crippen molar-refractivity contribution < 1.29 is 28.3 Å². The van der Waals surface area contributed by atoms with E-state index in [4.69, 9.17) is 14.3 Å². The molecular weight excluding hydrogens is 475 g/mol. The van der Waals surface area contributed by atoms with Crippen molar-refractivity contribution in [1.29, 1.82) is 0 Å². The van der Waals surface area contributed by atoms with Gasteiger partial charge in [-0.3, -0.25) is 9.59 Å². The van der Waals surface area contributed by atoms with Gasteiger partial charge in [0.2, 0.25) is 5.91 Å². The highest BCUT2D eigenvalue weighted by Gasteiger charge is 2.30. The Balaban J connectivity index is 0.00000121. The zero-order valence-corrected chi connectivity index (χ0v) is 20.4. The maximum Gasteiger partial charge on any atom is 0.373 e. The third-order valence-electron chi connectivity index (χ3n) is 5.53. The molecule has 1 fully saturated rings. The van der Waals surface area contributed by atoms with E-state index < -0.39 is 0 Å². The molecule has 37 heavy (non-hydrogen) atoms. The molecule has 1 aliphatic carbocycles. The second-order valence-electron chi connectivity index (χ2n) is 8.49. The zero-order valence-electron chi connectivity index (χ0n) is 20.4. The van der Waals surface area contributed by atoms with Crippen molar-refractivity contribution in [3.05, 3.63) is 89.4 Å². The molecule has 1 aliphatic rings. The Bertz CT molecular complexity index is 1280. The van der Waals surface area contributed by atoms with Crippen molar-refractivity contribution in [3.63, 3.8) is 0 Å². The van der Waals surface area contributed by atoms with Gasteiger partial charge in [0.25, 0.3) is 0 Å². The Morgan fingerprint density at radius 1 is 1.03 bits per heavy atom. The highest BCUT2D eigenvalue weighted by Crippen LogP contribution is 2.34. The van der Waals surface area contributed by atoms with E-state index in [9.17, 15) is 14.0 Å². The molecule has 0 bridgehead atoms. The van der Waals surface area contributed by atoms with Crippen LogP contribution in [0.4, 0.5) is 10.2 Å². The van der Waals surface area contributed by atoms with Crippen LogP contribution >= 0.6 is 0 Å². The molecule has 1 heterocycles. The van der Waals surface area contributed by atoms with Crippen molar-refractivity contribution in [2.45, 2.75) is 39.0 Å². The van der Waals surface area contributed by atoms with Crippen molar-refractivity contribution in [3.8, 4) is 11.5 Å². The monoisotopic (exact) mass is 502 g/mol. The molecule has 0 spiro atoms. The molecule has 0 aliphatic heterocycles. The summed E-state index contributed by atoms with van der Waals surface area (Å²) in [7, 11) is 0. The van der Waals surface area contributed by atoms with Gasteiger partial charge in [0.05, 0.1) is 5.56 Å². The quantitative estimate of drug-likeness (QED) is 0.390. The topological polar surface area (TPSA) is 102 Å². The van der Waals surface area contributed by atoms with E-state index in [0.29, 0.717) is 17.3 Å². The number of benzene rings is 2. The summed E-state index contributed by atoms with van der Waals surface area (Å²) < 4.78 is 19.1. The van der Waals surface area contributed by atoms with Gasteiger partial charge in [0.1, 0.15) is 28.9 Å². The van der Waals surface area contributed by atoms with Crippen LogP contribution in [0.15, 0.2) is 66.9 Å². The number of aromatic nitrogens is 1. The minimum absolute atomic E-state index is 0.00884. The van der Waals surface area contributed by atoms with E-state index in [1.165, 1.54) is 12.1 Å². The van der Waals surface area contributed by atoms with Crippen LogP contribution < -0.4 is 10.1 Å². The third-order valence-corrected chi connectivity index (χ3v) is 5.53. The van der Waals surface area contributed by atoms with Crippen LogP contribution in [0.5, 0.6) is 11.5 Å². The highest BCUT2D eigenvalue weighted by molar-refractivity contribution is 5.95. The maximum absolute atomic E-state index is 13.0. The number of hydrogen-bond acceptors (Lipinski definition) is 6. The normalized spacial score (nSPS) is 12.3. The molecule has 1 aromatic heterocycles. The van der Waals surface area contributed by atoms with E-state index in [1.807, 2.05) is 43.3 Å². The molecule has 1 amide bonds. The van der Waals surface area contributed by atoms with Gasteiger partial charge < -0.3 is 10.1 Å². The fourth-order valence-electron chi connectivity index (χ4n) is 3.53. The number of halogens is 1. The number of allylic oxidation sites excluding steroid dienone is 1. The number of ketones is 1. The fourth-order valence-corrected chi connectivity index (χ4v) is 3.53. The molecule has 2 aromatic carbocycles. The number of nitrogens with one attached hydrogen (secondary N) is 1. The third kappa shape index (κ3) is 8.63. The molecule has 190 valence electrons. The number of carbonyl (C=O) groups excluding carboxylic acids is 4. The number of hydrogen-bond donors (Lipinski definition) is 1. The fraction of sp³-hybridized carbons (Fsp3) is 0.241. The molecule has 4 rings (SSSR count). The summed E-state index contributed by atoms with van der Waals surface area (Å²) in [4.78, 5) is 45.3. The average Bonchev–Trinajstić information content (AvgIpc) is 3.73. The van der Waals surface area contributed by atoms with Gasteiger partial charge in [-0.15, -0.1) is 0 Å². The first-order chi connectivity index (χ1) is 17.9. The molecule has 0 unspecified atom stereocenters. The summed E-state index contributed by atoms with van der Waals surface area (Å²) >= 11 is 0. The van der Waals surface area contributed by atoms with Gasteiger partial charge in [-0.2, -0.15) is 9.59 Å². The molecular formula is C29H27FN2O5. The van der Waals surface area contributed by atoms with Gasteiger partial charge in [-0.25, -0.2) is 9.37 Å². The number of Topliss-reactive ketones (excluding diaryl/α,β-unsaturated/α-hetero) is 1.